The monoisotopic (exact) mass is 217 g/mol. The second-order valence-corrected chi connectivity index (χ2v) is 3.33. The van der Waals surface area contributed by atoms with Crippen molar-refractivity contribution in [2.45, 2.75) is 6.92 Å². The Labute approximate surface area is 92.2 Å². The standard InChI is InChI=1S/C12H11NO3/c1-2-16-12(15)11(14)9-4-3-8-5-6-13-10(8)7-9/h3-7,13H,2H2,1H3. The van der Waals surface area contributed by atoms with Crippen LogP contribution in [0.2, 0.25) is 0 Å². The number of carbonyl (C=O) groups is 2. The second kappa shape index (κ2) is 4.18. The van der Waals surface area contributed by atoms with Gasteiger partial charge in [0.15, 0.2) is 0 Å². The highest BCUT2D eigenvalue weighted by molar-refractivity contribution is 6.40. The van der Waals surface area contributed by atoms with Crippen LogP contribution in [0.25, 0.3) is 10.9 Å². The maximum atomic E-state index is 11.6. The van der Waals surface area contributed by atoms with Crippen molar-refractivity contribution in [3.8, 4) is 0 Å². The molecule has 2 aromatic rings. The first-order valence-electron chi connectivity index (χ1n) is 5.01. The Bertz CT molecular complexity index is 542. The molecule has 1 aromatic carbocycles. The number of esters is 1. The topological polar surface area (TPSA) is 59.2 Å². The molecule has 0 bridgehead atoms. The van der Waals surface area contributed by atoms with E-state index in [4.69, 9.17) is 0 Å². The normalized spacial score (nSPS) is 10.3. The Morgan fingerprint density at radius 1 is 1.31 bits per heavy atom. The fourth-order valence-corrected chi connectivity index (χ4v) is 1.50. The Hall–Kier alpha value is -2.10. The molecule has 0 fully saturated rings. The van der Waals surface area contributed by atoms with Crippen LogP contribution in [0.4, 0.5) is 0 Å². The van der Waals surface area contributed by atoms with Crippen LogP contribution in [-0.2, 0) is 9.53 Å². The number of hydrogen-bond donors (Lipinski definition) is 1. The molecule has 0 amide bonds. The molecule has 0 aliphatic carbocycles. The third-order valence-electron chi connectivity index (χ3n) is 2.28. The van der Waals surface area contributed by atoms with Gasteiger partial charge in [0.05, 0.1) is 6.61 Å². The van der Waals surface area contributed by atoms with E-state index in [0.29, 0.717) is 5.56 Å². The van der Waals surface area contributed by atoms with Crippen LogP contribution in [-0.4, -0.2) is 23.3 Å². The van der Waals surface area contributed by atoms with E-state index in [2.05, 4.69) is 9.72 Å². The number of fused-ring (bicyclic) bond motifs is 1. The van der Waals surface area contributed by atoms with Crippen molar-refractivity contribution >= 4 is 22.7 Å². The van der Waals surface area contributed by atoms with Gasteiger partial charge in [-0.25, -0.2) is 4.79 Å². The molecule has 82 valence electrons. The Kier molecular flexibility index (Phi) is 2.72. The third kappa shape index (κ3) is 1.82. The van der Waals surface area contributed by atoms with E-state index in [-0.39, 0.29) is 6.61 Å². The van der Waals surface area contributed by atoms with Gasteiger partial charge in [-0.2, -0.15) is 0 Å². The Balaban J connectivity index is 2.32. The number of Topliss-reactive ketones (excluding diaryl/α,β-unsaturated/α-hetero) is 1. The van der Waals surface area contributed by atoms with Crippen LogP contribution < -0.4 is 0 Å². The molecular weight excluding hydrogens is 206 g/mol. The summed E-state index contributed by atoms with van der Waals surface area (Å²) < 4.78 is 4.65. The summed E-state index contributed by atoms with van der Waals surface area (Å²) in [5.74, 6) is -1.42. The zero-order valence-electron chi connectivity index (χ0n) is 8.82. The lowest BCUT2D eigenvalue weighted by atomic mass is 10.1. The van der Waals surface area contributed by atoms with Gasteiger partial charge >= 0.3 is 5.97 Å². The number of aromatic nitrogens is 1. The number of carbonyl (C=O) groups excluding carboxylic acids is 2. The largest absolute Gasteiger partial charge is 0.460 e. The van der Waals surface area contributed by atoms with Crippen LogP contribution in [0.15, 0.2) is 30.5 Å². The molecule has 0 aliphatic rings. The van der Waals surface area contributed by atoms with Gasteiger partial charge in [-0.05, 0) is 24.4 Å². The number of H-pyrrole nitrogens is 1. The summed E-state index contributed by atoms with van der Waals surface area (Å²) in [4.78, 5) is 25.8. The van der Waals surface area contributed by atoms with Crippen LogP contribution in [0.5, 0.6) is 0 Å². The summed E-state index contributed by atoms with van der Waals surface area (Å²) in [6.07, 6.45) is 1.78. The van der Waals surface area contributed by atoms with E-state index >= 15 is 0 Å². The van der Waals surface area contributed by atoms with Crippen molar-refractivity contribution in [1.29, 1.82) is 0 Å². The lowest BCUT2D eigenvalue weighted by molar-refractivity contribution is -0.137. The zero-order chi connectivity index (χ0) is 11.5. The van der Waals surface area contributed by atoms with Gasteiger partial charge in [0.2, 0.25) is 0 Å². The first-order valence-corrected chi connectivity index (χ1v) is 5.01. The van der Waals surface area contributed by atoms with Crippen LogP contribution in [0.3, 0.4) is 0 Å². The molecule has 0 unspecified atom stereocenters. The van der Waals surface area contributed by atoms with Gasteiger partial charge in [0, 0.05) is 17.3 Å². The minimum atomic E-state index is -0.812. The smallest absolute Gasteiger partial charge is 0.379 e. The molecule has 0 radical (unpaired) electrons. The lowest BCUT2D eigenvalue weighted by Crippen LogP contribution is -2.17. The van der Waals surface area contributed by atoms with Gasteiger partial charge in [0.1, 0.15) is 0 Å². The second-order valence-electron chi connectivity index (χ2n) is 3.33. The number of aromatic amines is 1. The minimum absolute atomic E-state index is 0.204. The molecule has 0 saturated heterocycles. The van der Waals surface area contributed by atoms with Gasteiger partial charge in [-0.15, -0.1) is 0 Å². The summed E-state index contributed by atoms with van der Waals surface area (Å²) in [5.41, 5.74) is 1.17. The molecule has 1 aromatic heterocycles. The molecule has 0 atom stereocenters. The van der Waals surface area contributed by atoms with E-state index in [9.17, 15) is 9.59 Å². The fourth-order valence-electron chi connectivity index (χ4n) is 1.50. The zero-order valence-corrected chi connectivity index (χ0v) is 8.82. The predicted octanol–water partition coefficient (Wildman–Crippen LogP) is 1.91. The Morgan fingerprint density at radius 2 is 2.12 bits per heavy atom. The van der Waals surface area contributed by atoms with Gasteiger partial charge < -0.3 is 9.72 Å². The van der Waals surface area contributed by atoms with Crippen molar-refractivity contribution in [2.75, 3.05) is 6.61 Å². The summed E-state index contributed by atoms with van der Waals surface area (Å²) in [6, 6.07) is 6.95. The van der Waals surface area contributed by atoms with E-state index in [1.165, 1.54) is 0 Å². The van der Waals surface area contributed by atoms with E-state index in [0.717, 1.165) is 10.9 Å². The van der Waals surface area contributed by atoms with Crippen LogP contribution >= 0.6 is 0 Å². The number of ether oxygens (including phenoxy) is 1. The van der Waals surface area contributed by atoms with E-state index in [1.54, 1.807) is 31.3 Å². The predicted molar refractivity (Wildman–Crippen MR) is 59.3 cm³/mol. The van der Waals surface area contributed by atoms with Gasteiger partial charge in [-0.1, -0.05) is 12.1 Å². The third-order valence-corrected chi connectivity index (χ3v) is 2.28. The first-order chi connectivity index (χ1) is 7.72. The number of hydrogen-bond acceptors (Lipinski definition) is 3. The van der Waals surface area contributed by atoms with E-state index < -0.39 is 11.8 Å². The highest BCUT2D eigenvalue weighted by Crippen LogP contribution is 2.14. The molecule has 0 saturated carbocycles. The molecule has 1 N–H and O–H groups in total. The summed E-state index contributed by atoms with van der Waals surface area (Å²) in [7, 11) is 0. The summed E-state index contributed by atoms with van der Waals surface area (Å²) >= 11 is 0. The number of benzene rings is 1. The van der Waals surface area contributed by atoms with Gasteiger partial charge in [0.25, 0.3) is 5.78 Å². The van der Waals surface area contributed by atoms with Crippen LogP contribution in [0.1, 0.15) is 17.3 Å². The van der Waals surface area contributed by atoms with Crippen molar-refractivity contribution < 1.29 is 14.3 Å². The average molecular weight is 217 g/mol. The first kappa shape index (κ1) is 10.4. The molecule has 4 nitrogen and oxygen atoms in total. The molecule has 0 aliphatic heterocycles. The molecule has 16 heavy (non-hydrogen) atoms. The van der Waals surface area contributed by atoms with Crippen molar-refractivity contribution in [3.63, 3.8) is 0 Å². The number of rotatable bonds is 3. The molecule has 2 rings (SSSR count). The Morgan fingerprint density at radius 3 is 2.88 bits per heavy atom. The quantitative estimate of drug-likeness (QED) is 0.485. The molecule has 0 spiro atoms. The van der Waals surface area contributed by atoms with E-state index in [1.807, 2.05) is 6.07 Å². The summed E-state index contributed by atoms with van der Waals surface area (Å²) in [5, 5.41) is 1.00. The average Bonchev–Trinajstić information content (AvgIpc) is 2.75. The number of nitrogens with one attached hydrogen (secondary N) is 1. The molecule has 1 heterocycles. The maximum Gasteiger partial charge on any atom is 0.379 e. The van der Waals surface area contributed by atoms with Crippen molar-refractivity contribution in [2.24, 2.45) is 0 Å². The molecule has 4 heteroatoms. The highest BCUT2D eigenvalue weighted by atomic mass is 16.5. The van der Waals surface area contributed by atoms with Crippen molar-refractivity contribution in [1.82, 2.24) is 4.98 Å². The maximum absolute atomic E-state index is 11.6. The lowest BCUT2D eigenvalue weighted by Gasteiger charge is -2.00. The van der Waals surface area contributed by atoms with Crippen LogP contribution in [0, 0.1) is 0 Å². The molecular formula is C12H11NO3. The minimum Gasteiger partial charge on any atom is -0.460 e. The SMILES string of the molecule is CCOC(=O)C(=O)c1ccc2cc[nH]c2c1. The fraction of sp³-hybridized carbons (Fsp3) is 0.167. The number of ketones is 1. The van der Waals surface area contributed by atoms with Gasteiger partial charge in [-0.3, -0.25) is 4.79 Å². The highest BCUT2D eigenvalue weighted by Gasteiger charge is 2.17. The summed E-state index contributed by atoms with van der Waals surface area (Å²) in [6.45, 7) is 1.87. The van der Waals surface area contributed by atoms with Crippen molar-refractivity contribution in [3.05, 3.63) is 36.0 Å².